The maximum Gasteiger partial charge on any atom is 0.410 e. The zero-order valence-electron chi connectivity index (χ0n) is 31.3. The molecule has 3 heterocycles. The van der Waals surface area contributed by atoms with Gasteiger partial charge in [-0.25, -0.2) is 14.8 Å². The number of amides is 1. The Morgan fingerprint density at radius 2 is 1.76 bits per heavy atom. The number of anilines is 1. The van der Waals surface area contributed by atoms with E-state index in [2.05, 4.69) is 43.9 Å². The standard InChI is InChI=1S/C36H54ClN5O6Si/c1-23-29(24(2)47-40-23)31-30(37)33(42(10)26-16-18-44-19-17-26)39-32(38-31)25-14-13-15-27(20-25)45-22-28(48-49(11,12)36(6,7)8)21-41(9)34(43)46-35(3,4)5/h13-15,20,26,28H,16-19,21-22H2,1-12H3. The minimum atomic E-state index is -2.21. The van der Waals surface area contributed by atoms with E-state index in [0.29, 0.717) is 59.3 Å². The molecule has 2 aromatic heterocycles. The van der Waals surface area contributed by atoms with Crippen molar-refractivity contribution >= 4 is 31.8 Å². The summed E-state index contributed by atoms with van der Waals surface area (Å²) in [6, 6.07) is 7.89. The van der Waals surface area contributed by atoms with Gasteiger partial charge in [0.15, 0.2) is 20.0 Å². The molecule has 1 aliphatic rings. The van der Waals surface area contributed by atoms with Gasteiger partial charge >= 0.3 is 6.09 Å². The first-order valence-corrected chi connectivity index (χ1v) is 20.2. The SMILES string of the molecule is Cc1noc(C)c1-c1nc(-c2cccc(OCC(CN(C)C(=O)OC(C)(C)C)O[Si](C)(C)C(C)(C)C)c2)nc(N(C)C2CCOCC2)c1Cl. The third-order valence-corrected chi connectivity index (χ3v) is 14.0. The van der Waals surface area contributed by atoms with Crippen molar-refractivity contribution in [3.8, 4) is 28.4 Å². The van der Waals surface area contributed by atoms with E-state index in [9.17, 15) is 4.79 Å². The fraction of sp³-hybridized carbons (Fsp3) is 0.611. The van der Waals surface area contributed by atoms with Crippen molar-refractivity contribution in [3.05, 3.63) is 40.7 Å². The second kappa shape index (κ2) is 15.4. The highest BCUT2D eigenvalue weighted by atomic mass is 35.5. The van der Waals surface area contributed by atoms with Crippen LogP contribution in [-0.2, 0) is 13.9 Å². The molecule has 0 N–H and O–H groups in total. The molecule has 4 rings (SSSR count). The van der Waals surface area contributed by atoms with Crippen LogP contribution in [-0.4, -0.2) is 92.6 Å². The second-order valence-electron chi connectivity index (χ2n) is 15.4. The Morgan fingerprint density at radius 3 is 2.35 bits per heavy atom. The van der Waals surface area contributed by atoms with E-state index >= 15 is 0 Å². The van der Waals surface area contributed by atoms with E-state index in [1.807, 2.05) is 65.9 Å². The molecule has 13 heteroatoms. The largest absolute Gasteiger partial charge is 0.491 e. The van der Waals surface area contributed by atoms with Gasteiger partial charge in [-0.3, -0.25) is 0 Å². The van der Waals surface area contributed by atoms with E-state index in [1.165, 1.54) is 0 Å². The Labute approximate surface area is 297 Å². The monoisotopic (exact) mass is 715 g/mol. The predicted octanol–water partition coefficient (Wildman–Crippen LogP) is 8.32. The molecule has 1 amide bonds. The number of nitrogens with zero attached hydrogens (tertiary/aromatic N) is 5. The van der Waals surface area contributed by atoms with Crippen LogP contribution in [0.2, 0.25) is 23.2 Å². The number of halogens is 1. The molecular weight excluding hydrogens is 662 g/mol. The van der Waals surface area contributed by atoms with Gasteiger partial charge in [-0.2, -0.15) is 0 Å². The molecule has 49 heavy (non-hydrogen) atoms. The third-order valence-electron chi connectivity index (χ3n) is 9.15. The van der Waals surface area contributed by atoms with E-state index in [1.54, 1.807) is 11.9 Å². The molecule has 1 aliphatic heterocycles. The Morgan fingerprint density at radius 1 is 1.08 bits per heavy atom. The molecule has 0 radical (unpaired) electrons. The smallest absolute Gasteiger partial charge is 0.410 e. The normalized spacial score (nSPS) is 15.2. The van der Waals surface area contributed by atoms with Crippen LogP contribution in [0.5, 0.6) is 5.75 Å². The van der Waals surface area contributed by atoms with E-state index in [4.69, 9.17) is 44.7 Å². The Bertz CT molecular complexity index is 1580. The number of ether oxygens (including phenoxy) is 3. The molecule has 1 fully saturated rings. The van der Waals surface area contributed by atoms with Crippen LogP contribution in [0.15, 0.2) is 28.8 Å². The molecule has 1 aromatic carbocycles. The number of carbonyl (C=O) groups is 1. The molecule has 0 aliphatic carbocycles. The summed E-state index contributed by atoms with van der Waals surface area (Å²) in [5.41, 5.74) is 2.17. The summed E-state index contributed by atoms with van der Waals surface area (Å²) in [5.74, 6) is 2.38. The first kappa shape index (κ1) is 38.6. The van der Waals surface area contributed by atoms with Crippen LogP contribution in [0.4, 0.5) is 10.6 Å². The van der Waals surface area contributed by atoms with Crippen LogP contribution in [0.3, 0.4) is 0 Å². The highest BCUT2D eigenvalue weighted by Gasteiger charge is 2.40. The summed E-state index contributed by atoms with van der Waals surface area (Å²) in [6.07, 6.45) is 0.947. The van der Waals surface area contributed by atoms with Crippen LogP contribution >= 0.6 is 11.6 Å². The van der Waals surface area contributed by atoms with Gasteiger partial charge in [0.2, 0.25) is 0 Å². The van der Waals surface area contributed by atoms with E-state index in [-0.39, 0.29) is 23.8 Å². The summed E-state index contributed by atoms with van der Waals surface area (Å²) < 4.78 is 29.9. The summed E-state index contributed by atoms with van der Waals surface area (Å²) >= 11 is 7.08. The van der Waals surface area contributed by atoms with Gasteiger partial charge in [0, 0.05) is 38.9 Å². The summed E-state index contributed by atoms with van der Waals surface area (Å²) in [5, 5.41) is 4.57. The lowest BCUT2D eigenvalue weighted by molar-refractivity contribution is 0.0172. The fourth-order valence-corrected chi connectivity index (χ4v) is 7.02. The van der Waals surface area contributed by atoms with Crippen molar-refractivity contribution in [2.24, 2.45) is 0 Å². The highest BCUT2D eigenvalue weighted by Crippen LogP contribution is 2.40. The Kier molecular flexibility index (Phi) is 12.1. The molecule has 1 unspecified atom stereocenters. The van der Waals surface area contributed by atoms with Crippen molar-refractivity contribution in [2.75, 3.05) is 45.4 Å². The summed E-state index contributed by atoms with van der Waals surface area (Å²) in [4.78, 5) is 26.5. The molecule has 0 saturated carbocycles. The Hall–Kier alpha value is -3.19. The molecule has 1 atom stereocenters. The van der Waals surface area contributed by atoms with Gasteiger partial charge in [-0.15, -0.1) is 0 Å². The third kappa shape index (κ3) is 9.74. The maximum atomic E-state index is 12.9. The molecular formula is C36H54ClN5O6Si. The topological polar surface area (TPSA) is 112 Å². The fourth-order valence-electron chi connectivity index (χ4n) is 5.38. The number of hydrogen-bond donors (Lipinski definition) is 0. The average Bonchev–Trinajstić information content (AvgIpc) is 3.35. The van der Waals surface area contributed by atoms with Gasteiger partial charge < -0.3 is 33.0 Å². The van der Waals surface area contributed by atoms with Crippen molar-refractivity contribution in [1.29, 1.82) is 0 Å². The van der Waals surface area contributed by atoms with Crippen molar-refractivity contribution in [1.82, 2.24) is 20.0 Å². The summed E-state index contributed by atoms with van der Waals surface area (Å²) in [7, 11) is 1.52. The van der Waals surface area contributed by atoms with Crippen LogP contribution in [0.25, 0.3) is 22.6 Å². The zero-order chi connectivity index (χ0) is 36.3. The number of carbonyl (C=O) groups excluding carboxylic acids is 1. The lowest BCUT2D eigenvalue weighted by Gasteiger charge is -2.40. The lowest BCUT2D eigenvalue weighted by atomic mass is 10.1. The van der Waals surface area contributed by atoms with Crippen molar-refractivity contribution in [3.63, 3.8) is 0 Å². The van der Waals surface area contributed by atoms with Gasteiger partial charge in [0.25, 0.3) is 0 Å². The minimum absolute atomic E-state index is 0.0317. The molecule has 0 bridgehead atoms. The second-order valence-corrected chi connectivity index (χ2v) is 20.5. The molecule has 11 nitrogen and oxygen atoms in total. The number of likely N-dealkylation sites (N-methyl/N-ethyl adjacent to an activating group) is 1. The number of aromatic nitrogens is 3. The minimum Gasteiger partial charge on any atom is -0.491 e. The predicted molar refractivity (Wildman–Crippen MR) is 196 cm³/mol. The molecule has 3 aromatic rings. The number of aryl methyl sites for hydroxylation is 2. The average molecular weight is 716 g/mol. The van der Waals surface area contributed by atoms with E-state index < -0.39 is 20.0 Å². The number of rotatable bonds is 11. The van der Waals surface area contributed by atoms with Gasteiger partial charge in [0.1, 0.15) is 34.4 Å². The van der Waals surface area contributed by atoms with Crippen LogP contribution < -0.4 is 9.64 Å². The summed E-state index contributed by atoms with van der Waals surface area (Å²) in [6.45, 7) is 22.2. The molecule has 1 saturated heterocycles. The first-order valence-electron chi connectivity index (χ1n) is 16.9. The molecule has 270 valence electrons. The maximum absolute atomic E-state index is 12.9. The number of hydrogen-bond acceptors (Lipinski definition) is 10. The quantitative estimate of drug-likeness (QED) is 0.180. The van der Waals surface area contributed by atoms with Gasteiger partial charge in [-0.05, 0) is 77.7 Å². The van der Waals surface area contributed by atoms with Crippen molar-refractivity contribution in [2.45, 2.75) is 104 Å². The number of benzene rings is 1. The Balaban J connectivity index is 1.66. The van der Waals surface area contributed by atoms with Crippen LogP contribution in [0.1, 0.15) is 65.8 Å². The van der Waals surface area contributed by atoms with E-state index in [0.717, 1.165) is 24.0 Å². The lowest BCUT2D eigenvalue weighted by Crippen LogP contribution is -2.49. The highest BCUT2D eigenvalue weighted by molar-refractivity contribution is 6.74. The zero-order valence-corrected chi connectivity index (χ0v) is 33.0. The first-order chi connectivity index (χ1) is 22.8. The van der Waals surface area contributed by atoms with Gasteiger partial charge in [0.05, 0.1) is 23.9 Å². The van der Waals surface area contributed by atoms with Gasteiger partial charge in [-0.1, -0.05) is 49.7 Å². The van der Waals surface area contributed by atoms with Crippen molar-refractivity contribution < 1.29 is 28.0 Å². The molecule has 0 spiro atoms. The van der Waals surface area contributed by atoms with Crippen LogP contribution in [0, 0.1) is 13.8 Å².